The van der Waals surface area contributed by atoms with Crippen molar-refractivity contribution in [3.05, 3.63) is 41.3 Å². The van der Waals surface area contributed by atoms with Gasteiger partial charge in [-0.2, -0.15) is 15.1 Å². The zero-order valence-corrected chi connectivity index (χ0v) is 22.7. The molecule has 4 fully saturated rings. The zero-order valence-electron chi connectivity index (χ0n) is 22.0. The predicted molar refractivity (Wildman–Crippen MR) is 150 cm³/mol. The maximum absolute atomic E-state index is 16.5. The highest BCUT2D eigenvalue weighted by Gasteiger charge is 2.49. The molecule has 2 aromatic carbocycles. The van der Waals surface area contributed by atoms with E-state index in [0.717, 1.165) is 56.2 Å². The van der Waals surface area contributed by atoms with Crippen LogP contribution in [0.3, 0.4) is 0 Å². The first kappa shape index (κ1) is 24.7. The quantitative estimate of drug-likeness (QED) is 0.357. The highest BCUT2D eigenvalue weighted by molar-refractivity contribution is 6.35. The minimum atomic E-state index is -0.858. The Balaban J connectivity index is 1.24. The van der Waals surface area contributed by atoms with Crippen LogP contribution in [0.4, 0.5) is 14.6 Å². The molecule has 40 heavy (non-hydrogen) atoms. The number of hydrogen-bond donors (Lipinski definition) is 2. The molecule has 2 unspecified atom stereocenters. The van der Waals surface area contributed by atoms with E-state index < -0.39 is 12.0 Å². The van der Waals surface area contributed by atoms with E-state index >= 15 is 4.39 Å². The van der Waals surface area contributed by atoms with Crippen LogP contribution in [0.1, 0.15) is 32.1 Å². The third kappa shape index (κ3) is 3.87. The van der Waals surface area contributed by atoms with Gasteiger partial charge < -0.3 is 15.0 Å². The number of rotatable bonds is 5. The highest BCUT2D eigenvalue weighted by Crippen LogP contribution is 2.42. The first-order valence-corrected chi connectivity index (χ1v) is 14.5. The third-order valence-electron chi connectivity index (χ3n) is 9.36. The van der Waals surface area contributed by atoms with Crippen LogP contribution in [0.5, 0.6) is 6.01 Å². The number of alkyl halides is 1. The van der Waals surface area contributed by atoms with Gasteiger partial charge in [-0.1, -0.05) is 17.7 Å². The van der Waals surface area contributed by atoms with E-state index in [2.05, 4.69) is 30.3 Å². The normalized spacial score (nSPS) is 28.2. The first-order chi connectivity index (χ1) is 19.5. The van der Waals surface area contributed by atoms with Crippen LogP contribution in [-0.2, 0) is 0 Å². The molecular formula is C29H30ClF2N7O. The molecule has 4 atom stereocenters. The van der Waals surface area contributed by atoms with Gasteiger partial charge in [0.2, 0.25) is 0 Å². The standard InChI is InChI=1S/C29H30ClF2N7O/c30-22-6-7-23-21(11-33-37-23)24(22)19-4-5-20-26(25(19)32)35-28(36-27(20)38-13-17-2-3-18(14-38)34-17)40-15-29-8-1-9-39(29)12-16(31)10-29/h4-7,11,16-18,34H,1-3,8-10,12-15H2,(H,33,37)/t16-,17?,18?,29+/m1/s1. The molecular weight excluding hydrogens is 536 g/mol. The SMILES string of the molecule is Fc1c(-c2c(Cl)ccc3[nH]ncc23)ccc2c(N3CC4CCC(C3)N4)nc(OC[C@@]34CCCN3C[C@H](F)C4)nc12. The summed E-state index contributed by atoms with van der Waals surface area (Å²) in [6, 6.07) is 8.08. The lowest BCUT2D eigenvalue weighted by Gasteiger charge is -2.34. The molecule has 8 nitrogen and oxygen atoms in total. The topological polar surface area (TPSA) is 82.2 Å². The molecule has 4 aromatic rings. The van der Waals surface area contributed by atoms with Crippen LogP contribution in [-0.4, -0.2) is 81.6 Å². The molecule has 2 bridgehead atoms. The molecule has 208 valence electrons. The molecule has 2 N–H and O–H groups in total. The first-order valence-electron chi connectivity index (χ1n) is 14.1. The van der Waals surface area contributed by atoms with E-state index in [1.807, 2.05) is 12.1 Å². The van der Waals surface area contributed by atoms with Gasteiger partial charge >= 0.3 is 6.01 Å². The second-order valence-corrected chi connectivity index (χ2v) is 12.2. The number of nitrogens with one attached hydrogen (secondary N) is 2. The van der Waals surface area contributed by atoms with Crippen molar-refractivity contribution in [1.29, 1.82) is 0 Å². The Kier molecular flexibility index (Phi) is 5.69. The number of piperazine rings is 1. The van der Waals surface area contributed by atoms with E-state index in [-0.39, 0.29) is 23.7 Å². The van der Waals surface area contributed by atoms with Crippen molar-refractivity contribution in [3.63, 3.8) is 0 Å². The van der Waals surface area contributed by atoms with Crippen molar-refractivity contribution in [3.8, 4) is 17.1 Å². The second kappa shape index (κ2) is 9.22. The maximum atomic E-state index is 16.5. The molecule has 8 rings (SSSR count). The lowest BCUT2D eigenvalue weighted by molar-refractivity contribution is 0.107. The van der Waals surface area contributed by atoms with Crippen LogP contribution in [0, 0.1) is 5.82 Å². The number of halogens is 3. The van der Waals surface area contributed by atoms with Crippen LogP contribution in [0.2, 0.25) is 5.02 Å². The molecule has 0 amide bonds. The number of hydrogen-bond acceptors (Lipinski definition) is 7. The molecule has 0 saturated carbocycles. The Bertz CT molecular complexity index is 1620. The van der Waals surface area contributed by atoms with Crippen molar-refractivity contribution in [2.24, 2.45) is 0 Å². The van der Waals surface area contributed by atoms with Gasteiger partial charge in [0.25, 0.3) is 0 Å². The van der Waals surface area contributed by atoms with E-state index in [1.165, 1.54) is 0 Å². The lowest BCUT2D eigenvalue weighted by atomic mass is 9.95. The van der Waals surface area contributed by atoms with Gasteiger partial charge in [0.05, 0.1) is 17.3 Å². The van der Waals surface area contributed by atoms with Crippen molar-refractivity contribution in [2.45, 2.75) is 55.9 Å². The molecule has 4 aliphatic heterocycles. The van der Waals surface area contributed by atoms with Crippen molar-refractivity contribution in [1.82, 2.24) is 30.4 Å². The summed E-state index contributed by atoms with van der Waals surface area (Å²) >= 11 is 6.61. The van der Waals surface area contributed by atoms with E-state index in [0.29, 0.717) is 52.4 Å². The maximum Gasteiger partial charge on any atom is 0.319 e. The van der Waals surface area contributed by atoms with Crippen LogP contribution in [0.25, 0.3) is 32.9 Å². The summed E-state index contributed by atoms with van der Waals surface area (Å²) in [7, 11) is 0. The fraction of sp³-hybridized carbons (Fsp3) is 0.483. The summed E-state index contributed by atoms with van der Waals surface area (Å²) < 4.78 is 37.2. The number of aromatic nitrogens is 4. The molecule has 0 radical (unpaired) electrons. The molecule has 6 heterocycles. The Morgan fingerprint density at radius 2 is 1.93 bits per heavy atom. The zero-order chi connectivity index (χ0) is 27.0. The Morgan fingerprint density at radius 3 is 2.77 bits per heavy atom. The molecule has 4 aliphatic rings. The van der Waals surface area contributed by atoms with Gasteiger partial charge in [-0.15, -0.1) is 0 Å². The van der Waals surface area contributed by atoms with Crippen LogP contribution in [0.15, 0.2) is 30.5 Å². The van der Waals surface area contributed by atoms with Gasteiger partial charge in [0, 0.05) is 65.1 Å². The van der Waals surface area contributed by atoms with Gasteiger partial charge in [-0.05, 0) is 50.4 Å². The number of anilines is 1. The fourth-order valence-electron chi connectivity index (χ4n) is 7.51. The second-order valence-electron chi connectivity index (χ2n) is 11.8. The molecule has 0 spiro atoms. The number of H-pyrrole nitrogens is 1. The highest BCUT2D eigenvalue weighted by atomic mass is 35.5. The van der Waals surface area contributed by atoms with Gasteiger partial charge in [0.1, 0.15) is 24.1 Å². The monoisotopic (exact) mass is 565 g/mol. The average Bonchev–Trinajstić information content (AvgIpc) is 3.71. The van der Waals surface area contributed by atoms with Crippen molar-refractivity contribution >= 4 is 39.2 Å². The minimum absolute atomic E-state index is 0.126. The van der Waals surface area contributed by atoms with Gasteiger partial charge in [0.15, 0.2) is 5.82 Å². The number of aromatic amines is 1. The number of ether oxygens (including phenoxy) is 1. The fourth-order valence-corrected chi connectivity index (χ4v) is 7.77. The summed E-state index contributed by atoms with van der Waals surface area (Å²) in [5, 5.41) is 12.5. The van der Waals surface area contributed by atoms with E-state index in [9.17, 15) is 4.39 Å². The third-order valence-corrected chi connectivity index (χ3v) is 9.67. The summed E-state index contributed by atoms with van der Waals surface area (Å²) in [6.45, 7) is 3.16. The Morgan fingerprint density at radius 1 is 1.07 bits per heavy atom. The summed E-state index contributed by atoms with van der Waals surface area (Å²) in [5.74, 6) is 0.192. The average molecular weight is 566 g/mol. The Labute approximate surface area is 235 Å². The van der Waals surface area contributed by atoms with Crippen molar-refractivity contribution in [2.75, 3.05) is 37.7 Å². The predicted octanol–water partition coefficient (Wildman–Crippen LogP) is 4.86. The van der Waals surface area contributed by atoms with E-state index in [1.54, 1.807) is 18.3 Å². The largest absolute Gasteiger partial charge is 0.461 e. The number of benzene rings is 2. The molecule has 4 saturated heterocycles. The molecule has 0 aliphatic carbocycles. The van der Waals surface area contributed by atoms with Crippen LogP contribution >= 0.6 is 11.6 Å². The molecule has 2 aromatic heterocycles. The summed E-state index contributed by atoms with van der Waals surface area (Å²) in [6.07, 6.45) is 5.36. The van der Waals surface area contributed by atoms with Crippen molar-refractivity contribution < 1.29 is 13.5 Å². The van der Waals surface area contributed by atoms with Crippen LogP contribution < -0.4 is 15.0 Å². The lowest BCUT2D eigenvalue weighted by Crippen LogP contribution is -2.51. The van der Waals surface area contributed by atoms with Gasteiger partial charge in [-0.3, -0.25) is 10.00 Å². The minimum Gasteiger partial charge on any atom is -0.461 e. The van der Waals surface area contributed by atoms with E-state index in [4.69, 9.17) is 21.3 Å². The smallest absolute Gasteiger partial charge is 0.319 e. The number of nitrogens with zero attached hydrogens (tertiary/aromatic N) is 5. The van der Waals surface area contributed by atoms with Gasteiger partial charge in [-0.25, -0.2) is 8.78 Å². The summed E-state index contributed by atoms with van der Waals surface area (Å²) in [5.41, 5.74) is 1.52. The Hall–Kier alpha value is -3.08. The molecule has 11 heteroatoms. The summed E-state index contributed by atoms with van der Waals surface area (Å²) in [4.78, 5) is 13.9. The number of fused-ring (bicyclic) bond motifs is 5.